The van der Waals surface area contributed by atoms with Crippen molar-refractivity contribution in [3.63, 3.8) is 0 Å². The summed E-state index contributed by atoms with van der Waals surface area (Å²) in [6, 6.07) is 3.67. The van der Waals surface area contributed by atoms with E-state index in [1.165, 1.54) is 51.3 Å². The van der Waals surface area contributed by atoms with Crippen LogP contribution in [0.25, 0.3) is 22.3 Å². The molecule has 1 aromatic carbocycles. The third-order valence-corrected chi connectivity index (χ3v) is 4.63. The monoisotopic (exact) mass is 359 g/mol. The van der Waals surface area contributed by atoms with Gasteiger partial charge >= 0.3 is 0 Å². The summed E-state index contributed by atoms with van der Waals surface area (Å²) in [6.45, 7) is 0.164. The highest BCUT2D eigenvalue weighted by Gasteiger charge is 2.15. The molecule has 25 heavy (non-hydrogen) atoms. The number of fused-ring (bicyclic) bond motifs is 1. The third-order valence-electron chi connectivity index (χ3n) is 3.79. The molecule has 0 N–H and O–H groups in total. The molecule has 0 amide bonds. The zero-order valence-corrected chi connectivity index (χ0v) is 13.8. The molecular formula is C16H11F2N5OS. The lowest BCUT2D eigenvalue weighted by atomic mass is 10.1. The average Bonchev–Trinajstić information content (AvgIpc) is 3.18. The van der Waals surface area contributed by atoms with Gasteiger partial charge in [0.1, 0.15) is 28.4 Å². The van der Waals surface area contributed by atoms with Gasteiger partial charge in [0, 0.05) is 12.4 Å². The van der Waals surface area contributed by atoms with Crippen LogP contribution in [0.4, 0.5) is 8.78 Å². The Kier molecular flexibility index (Phi) is 3.65. The lowest BCUT2D eigenvalue weighted by Gasteiger charge is -2.03. The minimum Gasteiger partial charge on any atom is -0.292 e. The molecule has 0 fully saturated rings. The summed E-state index contributed by atoms with van der Waals surface area (Å²) in [7, 11) is 1.70. The van der Waals surface area contributed by atoms with Crippen molar-refractivity contribution < 1.29 is 8.78 Å². The second kappa shape index (κ2) is 5.85. The second-order valence-corrected chi connectivity index (χ2v) is 6.35. The summed E-state index contributed by atoms with van der Waals surface area (Å²) in [5.74, 6) is -1.35. The minimum atomic E-state index is -0.674. The Morgan fingerprint density at radius 1 is 1.24 bits per heavy atom. The van der Waals surface area contributed by atoms with E-state index < -0.39 is 11.6 Å². The average molecular weight is 359 g/mol. The van der Waals surface area contributed by atoms with Gasteiger partial charge < -0.3 is 0 Å². The highest BCUT2D eigenvalue weighted by atomic mass is 32.1. The molecule has 0 saturated carbocycles. The first-order valence-electron chi connectivity index (χ1n) is 7.30. The summed E-state index contributed by atoms with van der Waals surface area (Å²) in [5, 5.41) is 6.53. The van der Waals surface area contributed by atoms with Crippen LogP contribution in [0.3, 0.4) is 0 Å². The predicted octanol–water partition coefficient (Wildman–Crippen LogP) is 2.58. The largest absolute Gasteiger partial charge is 0.292 e. The highest BCUT2D eigenvalue weighted by Crippen LogP contribution is 2.27. The van der Waals surface area contributed by atoms with E-state index >= 15 is 0 Å². The van der Waals surface area contributed by atoms with Gasteiger partial charge in [0.05, 0.1) is 24.0 Å². The van der Waals surface area contributed by atoms with Crippen LogP contribution in [0.15, 0.2) is 40.9 Å². The molecule has 0 aliphatic carbocycles. The van der Waals surface area contributed by atoms with E-state index in [1.54, 1.807) is 12.4 Å². The Labute approximate surface area is 144 Å². The summed E-state index contributed by atoms with van der Waals surface area (Å²) in [6.07, 6.45) is 2.88. The zero-order chi connectivity index (χ0) is 17.6. The lowest BCUT2D eigenvalue weighted by molar-refractivity contribution is 0.588. The maximum atomic E-state index is 13.9. The molecule has 0 atom stereocenters. The molecule has 0 bridgehead atoms. The van der Waals surface area contributed by atoms with E-state index in [0.717, 1.165) is 0 Å². The summed E-state index contributed by atoms with van der Waals surface area (Å²) < 4.78 is 30.6. The van der Waals surface area contributed by atoms with Gasteiger partial charge in [-0.3, -0.25) is 14.0 Å². The smallest absolute Gasteiger partial charge is 0.264 e. The number of nitrogens with zero attached hydrogens (tertiary/aromatic N) is 5. The number of thiazole rings is 1. The minimum absolute atomic E-state index is 0.164. The van der Waals surface area contributed by atoms with Crippen LogP contribution in [0.2, 0.25) is 0 Å². The molecule has 0 spiro atoms. The van der Waals surface area contributed by atoms with Crippen molar-refractivity contribution in [2.75, 3.05) is 0 Å². The standard InChI is InChI=1S/C16H11F2N5OS/c1-22-15-9(5-20-22)16(24)23(8-19-15)6-13-21-12(7-25-13)14-10(17)3-2-4-11(14)18/h2-5,7-8H,6H2,1H3. The van der Waals surface area contributed by atoms with E-state index in [2.05, 4.69) is 15.1 Å². The Balaban J connectivity index is 1.70. The molecule has 0 unspecified atom stereocenters. The molecule has 0 saturated heterocycles. The third kappa shape index (κ3) is 2.62. The van der Waals surface area contributed by atoms with Crippen molar-refractivity contribution in [1.82, 2.24) is 24.3 Å². The van der Waals surface area contributed by atoms with Crippen LogP contribution < -0.4 is 5.56 Å². The van der Waals surface area contributed by atoms with Crippen LogP contribution in [0, 0.1) is 11.6 Å². The van der Waals surface area contributed by atoms with Crippen molar-refractivity contribution in [3.8, 4) is 11.3 Å². The number of halogens is 2. The Morgan fingerprint density at radius 2 is 2.00 bits per heavy atom. The molecule has 6 nitrogen and oxygen atoms in total. The number of benzene rings is 1. The summed E-state index contributed by atoms with van der Waals surface area (Å²) in [4.78, 5) is 20.9. The number of aryl methyl sites for hydroxylation is 1. The molecule has 9 heteroatoms. The van der Waals surface area contributed by atoms with E-state index in [-0.39, 0.29) is 23.4 Å². The van der Waals surface area contributed by atoms with Gasteiger partial charge in [-0.25, -0.2) is 18.7 Å². The van der Waals surface area contributed by atoms with E-state index in [4.69, 9.17) is 0 Å². The summed E-state index contributed by atoms with van der Waals surface area (Å²) >= 11 is 1.22. The van der Waals surface area contributed by atoms with Crippen LogP contribution >= 0.6 is 11.3 Å². The lowest BCUT2D eigenvalue weighted by Crippen LogP contribution is -2.21. The normalized spacial score (nSPS) is 11.3. The maximum absolute atomic E-state index is 13.9. The second-order valence-electron chi connectivity index (χ2n) is 5.41. The molecule has 126 valence electrons. The number of rotatable bonds is 3. The first-order chi connectivity index (χ1) is 12.0. The number of hydrogen-bond donors (Lipinski definition) is 0. The fourth-order valence-corrected chi connectivity index (χ4v) is 3.35. The van der Waals surface area contributed by atoms with Gasteiger partial charge in [0.15, 0.2) is 5.65 Å². The van der Waals surface area contributed by atoms with Crippen LogP contribution in [-0.2, 0) is 13.6 Å². The van der Waals surface area contributed by atoms with E-state index in [1.807, 2.05) is 0 Å². The van der Waals surface area contributed by atoms with Gasteiger partial charge in [0.2, 0.25) is 0 Å². The molecule has 4 aromatic rings. The topological polar surface area (TPSA) is 65.6 Å². The van der Waals surface area contributed by atoms with Gasteiger partial charge in [0.25, 0.3) is 5.56 Å². The van der Waals surface area contributed by atoms with Crippen molar-refractivity contribution in [1.29, 1.82) is 0 Å². The van der Waals surface area contributed by atoms with Crippen molar-refractivity contribution in [2.45, 2.75) is 6.54 Å². The van der Waals surface area contributed by atoms with E-state index in [0.29, 0.717) is 16.0 Å². The van der Waals surface area contributed by atoms with Crippen LogP contribution in [-0.4, -0.2) is 24.3 Å². The predicted molar refractivity (Wildman–Crippen MR) is 89.3 cm³/mol. The zero-order valence-electron chi connectivity index (χ0n) is 13.0. The SMILES string of the molecule is Cn1ncc2c(=O)n(Cc3nc(-c4c(F)cccc4F)cs3)cnc21. The molecule has 0 aliphatic heterocycles. The number of hydrogen-bond acceptors (Lipinski definition) is 5. The summed E-state index contributed by atoms with van der Waals surface area (Å²) in [5.41, 5.74) is 0.290. The molecule has 0 radical (unpaired) electrons. The van der Waals surface area contributed by atoms with Crippen molar-refractivity contribution >= 4 is 22.4 Å². The van der Waals surface area contributed by atoms with Crippen molar-refractivity contribution in [3.05, 3.63) is 63.1 Å². The van der Waals surface area contributed by atoms with Crippen molar-refractivity contribution in [2.24, 2.45) is 7.05 Å². The highest BCUT2D eigenvalue weighted by molar-refractivity contribution is 7.09. The van der Waals surface area contributed by atoms with E-state index in [9.17, 15) is 13.6 Å². The van der Waals surface area contributed by atoms with Gasteiger partial charge in [-0.2, -0.15) is 5.10 Å². The Morgan fingerprint density at radius 3 is 2.76 bits per heavy atom. The molecular weight excluding hydrogens is 348 g/mol. The Bertz CT molecular complexity index is 1130. The maximum Gasteiger partial charge on any atom is 0.264 e. The Hall–Kier alpha value is -2.94. The molecule has 0 aliphatic rings. The van der Waals surface area contributed by atoms with Gasteiger partial charge in [-0.05, 0) is 12.1 Å². The molecule has 3 heterocycles. The van der Waals surface area contributed by atoms with Gasteiger partial charge in [-0.1, -0.05) is 6.07 Å². The number of aromatic nitrogens is 5. The molecule has 3 aromatic heterocycles. The first-order valence-corrected chi connectivity index (χ1v) is 8.18. The molecule has 4 rings (SSSR count). The fraction of sp³-hybridized carbons (Fsp3) is 0.125. The van der Waals surface area contributed by atoms with Gasteiger partial charge in [-0.15, -0.1) is 11.3 Å². The first kappa shape index (κ1) is 15.6. The van der Waals surface area contributed by atoms with Crippen LogP contribution in [0.5, 0.6) is 0 Å². The quantitative estimate of drug-likeness (QED) is 0.564. The fourth-order valence-electron chi connectivity index (χ4n) is 2.57. The van der Waals surface area contributed by atoms with Crippen LogP contribution in [0.1, 0.15) is 5.01 Å².